The highest BCUT2D eigenvalue weighted by Crippen LogP contribution is 2.27. The largest absolute Gasteiger partial charge is 0.324 e. The number of rotatable bonds is 1. The minimum absolute atomic E-state index is 0.954. The Morgan fingerprint density at radius 3 is 2.40 bits per heavy atom. The lowest BCUT2D eigenvalue weighted by Gasteiger charge is -2.44. The molecule has 2 rings (SSSR count). The van der Waals surface area contributed by atoms with Gasteiger partial charge in [0.05, 0.1) is 26.2 Å². The summed E-state index contributed by atoms with van der Waals surface area (Å²) < 4.78 is 1.38. The first-order chi connectivity index (χ1) is 7.31. The zero-order valence-corrected chi connectivity index (χ0v) is 10.3. The molecule has 1 unspecified atom stereocenters. The molecule has 0 N–H and O–H groups in total. The van der Waals surface area contributed by atoms with Gasteiger partial charge in [-0.1, -0.05) is 12.2 Å². The smallest absolute Gasteiger partial charge is 0.0891 e. The lowest BCUT2D eigenvalue weighted by molar-refractivity contribution is -0.938. The van der Waals surface area contributed by atoms with E-state index in [1.54, 1.807) is 0 Å². The first-order valence-electron chi connectivity index (χ1n) is 6.80. The zero-order valence-electron chi connectivity index (χ0n) is 10.3. The summed E-state index contributed by atoms with van der Waals surface area (Å²) in [6.07, 6.45) is 16.1. The van der Waals surface area contributed by atoms with Crippen molar-refractivity contribution in [3.8, 4) is 0 Å². The van der Waals surface area contributed by atoms with Crippen LogP contribution in [0.3, 0.4) is 0 Å². The van der Waals surface area contributed by atoms with Gasteiger partial charge in [0.25, 0.3) is 0 Å². The normalized spacial score (nSPS) is 31.9. The molecule has 1 aliphatic carbocycles. The minimum Gasteiger partial charge on any atom is -0.324 e. The van der Waals surface area contributed by atoms with E-state index < -0.39 is 0 Å². The number of likely N-dealkylation sites (tertiary alicyclic amines) is 1. The van der Waals surface area contributed by atoms with Gasteiger partial charge in [0.15, 0.2) is 0 Å². The number of piperidine rings is 1. The van der Waals surface area contributed by atoms with Crippen LogP contribution in [0.25, 0.3) is 0 Å². The van der Waals surface area contributed by atoms with Crippen LogP contribution in [0.2, 0.25) is 0 Å². The molecule has 2 aliphatic rings. The van der Waals surface area contributed by atoms with Crippen LogP contribution in [0.4, 0.5) is 0 Å². The average molecular weight is 208 g/mol. The van der Waals surface area contributed by atoms with Gasteiger partial charge in [-0.3, -0.25) is 0 Å². The summed E-state index contributed by atoms with van der Waals surface area (Å²) in [5.41, 5.74) is 0. The molecular formula is C14H26N+. The quantitative estimate of drug-likeness (QED) is 0.457. The van der Waals surface area contributed by atoms with Crippen LogP contribution < -0.4 is 0 Å². The van der Waals surface area contributed by atoms with Crippen molar-refractivity contribution in [1.29, 1.82) is 0 Å². The Balaban J connectivity index is 1.97. The standard InChI is InChI=1S/C14H26N/c1-15(12-8-5-9-13-15)14-10-6-3-2-4-7-11-14/h2-3,14H,4-13H2,1H3/q+1. The van der Waals surface area contributed by atoms with Crippen LogP contribution in [0, 0.1) is 0 Å². The van der Waals surface area contributed by atoms with E-state index in [1.807, 2.05) is 0 Å². The van der Waals surface area contributed by atoms with Gasteiger partial charge in [0, 0.05) is 6.42 Å². The van der Waals surface area contributed by atoms with Crippen LogP contribution in [0.5, 0.6) is 0 Å². The maximum atomic E-state index is 2.51. The van der Waals surface area contributed by atoms with E-state index in [0.29, 0.717) is 0 Å². The molecule has 0 saturated carbocycles. The van der Waals surface area contributed by atoms with Crippen molar-refractivity contribution in [3.63, 3.8) is 0 Å². The van der Waals surface area contributed by atoms with E-state index in [0.717, 1.165) is 6.04 Å². The van der Waals surface area contributed by atoms with Crippen molar-refractivity contribution in [2.75, 3.05) is 20.1 Å². The van der Waals surface area contributed by atoms with Gasteiger partial charge >= 0.3 is 0 Å². The molecule has 0 bridgehead atoms. The third-order valence-electron chi connectivity index (χ3n) is 4.46. The summed E-state index contributed by atoms with van der Waals surface area (Å²) in [4.78, 5) is 0. The summed E-state index contributed by atoms with van der Waals surface area (Å²) in [6.45, 7) is 2.88. The summed E-state index contributed by atoms with van der Waals surface area (Å²) in [5.74, 6) is 0. The molecule has 15 heavy (non-hydrogen) atoms. The summed E-state index contributed by atoms with van der Waals surface area (Å²) in [7, 11) is 2.51. The van der Waals surface area contributed by atoms with E-state index in [9.17, 15) is 0 Å². The van der Waals surface area contributed by atoms with Crippen molar-refractivity contribution in [3.05, 3.63) is 12.2 Å². The molecule has 1 saturated heterocycles. The summed E-state index contributed by atoms with van der Waals surface area (Å²) >= 11 is 0. The maximum absolute atomic E-state index is 2.51. The SMILES string of the molecule is C[N+]1(C2CCC=CCCC2)CCCCC1. The third kappa shape index (κ3) is 2.84. The number of hydrogen-bond acceptors (Lipinski definition) is 0. The molecule has 1 fully saturated rings. The van der Waals surface area contributed by atoms with E-state index in [-0.39, 0.29) is 0 Å². The topological polar surface area (TPSA) is 0 Å². The van der Waals surface area contributed by atoms with Gasteiger partial charge in [0.1, 0.15) is 0 Å². The van der Waals surface area contributed by atoms with Gasteiger partial charge in [-0.2, -0.15) is 0 Å². The van der Waals surface area contributed by atoms with E-state index in [4.69, 9.17) is 0 Å². The third-order valence-corrected chi connectivity index (χ3v) is 4.46. The van der Waals surface area contributed by atoms with Gasteiger partial charge in [-0.05, 0) is 44.9 Å². The number of quaternary nitrogens is 1. The summed E-state index contributed by atoms with van der Waals surface area (Å²) in [6, 6.07) is 0.954. The Labute approximate surface area is 94.8 Å². The second-order valence-corrected chi connectivity index (χ2v) is 5.62. The van der Waals surface area contributed by atoms with Gasteiger partial charge in [-0.25, -0.2) is 0 Å². The number of nitrogens with zero attached hydrogens (tertiary/aromatic N) is 1. The van der Waals surface area contributed by atoms with Crippen LogP contribution in [0.1, 0.15) is 51.4 Å². The average Bonchev–Trinajstić information content (AvgIpc) is 2.17. The van der Waals surface area contributed by atoms with Crippen molar-refractivity contribution < 1.29 is 4.48 Å². The van der Waals surface area contributed by atoms with Crippen molar-refractivity contribution in [2.24, 2.45) is 0 Å². The highest BCUT2D eigenvalue weighted by Gasteiger charge is 2.33. The first kappa shape index (κ1) is 11.2. The molecule has 0 spiro atoms. The molecule has 0 aromatic rings. The molecule has 1 nitrogen and oxygen atoms in total. The molecule has 0 amide bonds. The number of allylic oxidation sites excluding steroid dienone is 2. The molecular weight excluding hydrogens is 182 g/mol. The predicted octanol–water partition coefficient (Wildman–Crippen LogP) is 3.51. The van der Waals surface area contributed by atoms with Crippen molar-refractivity contribution in [2.45, 2.75) is 57.4 Å². The fraction of sp³-hybridized carbons (Fsp3) is 0.857. The Kier molecular flexibility index (Phi) is 3.85. The van der Waals surface area contributed by atoms with E-state index in [1.165, 1.54) is 68.9 Å². The fourth-order valence-electron chi connectivity index (χ4n) is 3.36. The second kappa shape index (κ2) is 5.16. The van der Waals surface area contributed by atoms with Gasteiger partial charge < -0.3 is 4.48 Å². The molecule has 86 valence electrons. The first-order valence-corrected chi connectivity index (χ1v) is 6.80. The van der Waals surface area contributed by atoms with E-state index in [2.05, 4.69) is 19.2 Å². The molecule has 0 aromatic carbocycles. The van der Waals surface area contributed by atoms with Crippen molar-refractivity contribution in [1.82, 2.24) is 0 Å². The molecule has 1 heteroatoms. The van der Waals surface area contributed by atoms with Gasteiger partial charge in [0.2, 0.25) is 0 Å². The van der Waals surface area contributed by atoms with E-state index >= 15 is 0 Å². The Hall–Kier alpha value is -0.300. The fourth-order valence-corrected chi connectivity index (χ4v) is 3.36. The zero-order chi connectivity index (χ0) is 10.6. The van der Waals surface area contributed by atoms with Gasteiger partial charge in [-0.15, -0.1) is 0 Å². The molecule has 1 heterocycles. The molecule has 1 atom stereocenters. The maximum Gasteiger partial charge on any atom is 0.0891 e. The molecule has 0 radical (unpaired) electrons. The highest BCUT2D eigenvalue weighted by molar-refractivity contribution is 4.85. The Bertz CT molecular complexity index is 213. The second-order valence-electron chi connectivity index (χ2n) is 5.62. The Morgan fingerprint density at radius 1 is 0.867 bits per heavy atom. The Morgan fingerprint density at radius 2 is 1.60 bits per heavy atom. The van der Waals surface area contributed by atoms with Crippen LogP contribution >= 0.6 is 0 Å². The predicted molar refractivity (Wildman–Crippen MR) is 65.8 cm³/mol. The molecule has 0 aromatic heterocycles. The van der Waals surface area contributed by atoms with Crippen molar-refractivity contribution >= 4 is 0 Å². The monoisotopic (exact) mass is 208 g/mol. The highest BCUT2D eigenvalue weighted by atomic mass is 15.4. The molecule has 1 aliphatic heterocycles. The number of hydrogen-bond donors (Lipinski definition) is 0. The van der Waals surface area contributed by atoms with Crippen LogP contribution in [-0.4, -0.2) is 30.7 Å². The van der Waals surface area contributed by atoms with Crippen LogP contribution in [0.15, 0.2) is 12.2 Å². The lowest BCUT2D eigenvalue weighted by atomic mass is 9.95. The summed E-state index contributed by atoms with van der Waals surface area (Å²) in [5, 5.41) is 0. The van der Waals surface area contributed by atoms with Crippen LogP contribution in [-0.2, 0) is 0 Å². The lowest BCUT2D eigenvalue weighted by Crippen LogP contribution is -2.55. The minimum atomic E-state index is 0.954.